The Bertz CT molecular complexity index is 969. The Balaban J connectivity index is 1.19. The molecule has 0 radical (unpaired) electrons. The lowest BCUT2D eigenvalue weighted by Gasteiger charge is -2.40. The molecule has 9 heteroatoms. The molecular weight excluding hydrogens is 469 g/mol. The van der Waals surface area contributed by atoms with Crippen molar-refractivity contribution in [2.75, 3.05) is 44.7 Å². The van der Waals surface area contributed by atoms with Gasteiger partial charge >= 0.3 is 6.18 Å². The molecule has 1 amide bonds. The standard InChI is InChI=1S/C27H35F3N4O2/c1-36-26(12-17-34(18-13-26)24-8-7-23(19-32-24)27(28,29)30)25(35)31-14-9-21-10-15-33(16-11-21)20-22-5-3-2-4-6-22/h2-8,19,21H,9-18,20H2,1H3,(H,31,35). The minimum Gasteiger partial charge on any atom is -0.368 e. The van der Waals surface area contributed by atoms with Crippen LogP contribution in [0, 0.1) is 5.92 Å². The maximum Gasteiger partial charge on any atom is 0.417 e. The highest BCUT2D eigenvalue weighted by Gasteiger charge is 2.42. The molecule has 196 valence electrons. The lowest BCUT2D eigenvalue weighted by atomic mass is 9.89. The molecule has 4 rings (SSSR count). The van der Waals surface area contributed by atoms with Gasteiger partial charge in [-0.1, -0.05) is 30.3 Å². The SMILES string of the molecule is COC1(C(=O)NCCC2CCN(Cc3ccccc3)CC2)CCN(c2ccc(C(F)(F)F)cn2)CC1. The number of carbonyl (C=O) groups excluding carboxylic acids is 1. The van der Waals surface area contributed by atoms with Crippen molar-refractivity contribution in [3.63, 3.8) is 0 Å². The van der Waals surface area contributed by atoms with Gasteiger partial charge in [-0.2, -0.15) is 13.2 Å². The highest BCUT2D eigenvalue weighted by molar-refractivity contribution is 5.85. The fourth-order valence-electron chi connectivity index (χ4n) is 5.19. The van der Waals surface area contributed by atoms with Gasteiger partial charge in [0.1, 0.15) is 11.4 Å². The number of benzene rings is 1. The van der Waals surface area contributed by atoms with E-state index < -0.39 is 17.3 Å². The molecule has 3 heterocycles. The van der Waals surface area contributed by atoms with Gasteiger partial charge in [-0.3, -0.25) is 9.69 Å². The first kappa shape index (κ1) is 26.4. The topological polar surface area (TPSA) is 57.7 Å². The lowest BCUT2D eigenvalue weighted by Crippen LogP contribution is -2.55. The Hall–Kier alpha value is -2.65. The molecule has 6 nitrogen and oxygen atoms in total. The van der Waals surface area contributed by atoms with Gasteiger partial charge in [-0.05, 0) is 56.0 Å². The third kappa shape index (κ3) is 6.56. The second-order valence-electron chi connectivity index (χ2n) is 9.84. The Morgan fingerprint density at radius 2 is 1.78 bits per heavy atom. The van der Waals surface area contributed by atoms with Gasteiger partial charge in [0.05, 0.1) is 5.56 Å². The van der Waals surface area contributed by atoms with E-state index in [4.69, 9.17) is 4.74 Å². The number of nitrogens with one attached hydrogen (secondary N) is 1. The minimum absolute atomic E-state index is 0.105. The van der Waals surface area contributed by atoms with E-state index in [9.17, 15) is 18.0 Å². The monoisotopic (exact) mass is 504 g/mol. The van der Waals surface area contributed by atoms with E-state index in [1.54, 1.807) is 7.11 Å². The molecule has 2 aliphatic rings. The molecule has 2 aliphatic heterocycles. The molecule has 0 aliphatic carbocycles. The quantitative estimate of drug-likeness (QED) is 0.574. The van der Waals surface area contributed by atoms with E-state index in [2.05, 4.69) is 39.5 Å². The fourth-order valence-corrected chi connectivity index (χ4v) is 5.19. The normalized spacial score (nSPS) is 19.3. The summed E-state index contributed by atoms with van der Waals surface area (Å²) in [4.78, 5) is 21.4. The van der Waals surface area contributed by atoms with Crippen LogP contribution in [0.5, 0.6) is 0 Å². The van der Waals surface area contributed by atoms with Crippen LogP contribution in [0.1, 0.15) is 43.2 Å². The number of halogens is 3. The molecule has 2 aromatic rings. The molecule has 1 aromatic carbocycles. The van der Waals surface area contributed by atoms with E-state index in [1.165, 1.54) is 11.6 Å². The van der Waals surface area contributed by atoms with Gasteiger partial charge in [0.25, 0.3) is 5.91 Å². The number of carbonyl (C=O) groups is 1. The van der Waals surface area contributed by atoms with Crippen molar-refractivity contribution in [1.29, 1.82) is 0 Å². The average Bonchev–Trinajstić information content (AvgIpc) is 2.90. The summed E-state index contributed by atoms with van der Waals surface area (Å²) in [5.74, 6) is 0.974. The predicted octanol–water partition coefficient (Wildman–Crippen LogP) is 4.50. The van der Waals surface area contributed by atoms with Gasteiger partial charge < -0.3 is 15.0 Å². The van der Waals surface area contributed by atoms with Crippen LogP contribution in [-0.2, 0) is 22.3 Å². The number of amides is 1. The van der Waals surface area contributed by atoms with E-state index in [-0.39, 0.29) is 5.91 Å². The summed E-state index contributed by atoms with van der Waals surface area (Å²) in [6.07, 6.45) is 0.570. The predicted molar refractivity (Wildman–Crippen MR) is 132 cm³/mol. The summed E-state index contributed by atoms with van der Waals surface area (Å²) in [5, 5.41) is 3.08. The van der Waals surface area contributed by atoms with Crippen molar-refractivity contribution in [3.05, 3.63) is 59.8 Å². The smallest absolute Gasteiger partial charge is 0.368 e. The number of rotatable bonds is 8. The number of nitrogens with zero attached hydrogens (tertiary/aromatic N) is 3. The molecule has 2 saturated heterocycles. The second-order valence-corrected chi connectivity index (χ2v) is 9.84. The van der Waals surface area contributed by atoms with Crippen LogP contribution in [0.4, 0.5) is 19.0 Å². The maximum absolute atomic E-state index is 13.0. The number of likely N-dealkylation sites (tertiary alicyclic amines) is 1. The summed E-state index contributed by atoms with van der Waals surface area (Å²) >= 11 is 0. The molecule has 36 heavy (non-hydrogen) atoms. The summed E-state index contributed by atoms with van der Waals surface area (Å²) < 4.78 is 44.1. The number of hydrogen-bond donors (Lipinski definition) is 1. The summed E-state index contributed by atoms with van der Waals surface area (Å²) in [7, 11) is 1.55. The van der Waals surface area contributed by atoms with Crippen LogP contribution in [0.3, 0.4) is 0 Å². The Labute approximate surface area is 210 Å². The highest BCUT2D eigenvalue weighted by atomic mass is 19.4. The molecule has 0 atom stereocenters. The van der Waals surface area contributed by atoms with Gasteiger partial charge in [-0.25, -0.2) is 4.98 Å². The van der Waals surface area contributed by atoms with Crippen LogP contribution in [0.15, 0.2) is 48.7 Å². The minimum atomic E-state index is -4.41. The first-order valence-electron chi connectivity index (χ1n) is 12.7. The number of anilines is 1. The molecule has 0 spiro atoms. The first-order chi connectivity index (χ1) is 17.3. The van der Waals surface area contributed by atoms with Crippen LogP contribution in [-0.4, -0.2) is 61.2 Å². The molecule has 1 N–H and O–H groups in total. The molecule has 1 aromatic heterocycles. The number of alkyl halides is 3. The van der Waals surface area contributed by atoms with Crippen molar-refractivity contribution in [3.8, 4) is 0 Å². The van der Waals surface area contributed by atoms with E-state index in [1.807, 2.05) is 11.0 Å². The van der Waals surface area contributed by atoms with E-state index in [0.717, 1.165) is 51.2 Å². The van der Waals surface area contributed by atoms with Crippen LogP contribution >= 0.6 is 0 Å². The largest absolute Gasteiger partial charge is 0.417 e. The molecule has 0 saturated carbocycles. The molecule has 0 bridgehead atoms. The zero-order valence-electron chi connectivity index (χ0n) is 20.8. The van der Waals surface area contributed by atoms with Gasteiger partial charge in [0.2, 0.25) is 0 Å². The summed E-state index contributed by atoms with van der Waals surface area (Å²) in [6.45, 7) is 4.73. The van der Waals surface area contributed by atoms with Gasteiger partial charge in [-0.15, -0.1) is 0 Å². The second kappa shape index (κ2) is 11.6. The van der Waals surface area contributed by atoms with E-state index in [0.29, 0.717) is 44.2 Å². The lowest BCUT2D eigenvalue weighted by molar-refractivity contribution is -0.146. The van der Waals surface area contributed by atoms with Crippen molar-refractivity contribution in [2.45, 2.75) is 50.4 Å². The van der Waals surface area contributed by atoms with Crippen LogP contribution < -0.4 is 10.2 Å². The van der Waals surface area contributed by atoms with E-state index >= 15 is 0 Å². The van der Waals surface area contributed by atoms with Crippen LogP contribution in [0.2, 0.25) is 0 Å². The highest BCUT2D eigenvalue weighted by Crippen LogP contribution is 2.32. The Morgan fingerprint density at radius 3 is 2.36 bits per heavy atom. The first-order valence-corrected chi connectivity index (χ1v) is 12.7. The Kier molecular flexibility index (Phi) is 8.51. The third-order valence-electron chi connectivity index (χ3n) is 7.57. The number of aromatic nitrogens is 1. The fraction of sp³-hybridized carbons (Fsp3) is 0.556. The third-order valence-corrected chi connectivity index (χ3v) is 7.57. The number of methoxy groups -OCH3 is 1. The average molecular weight is 505 g/mol. The number of pyridine rings is 1. The molecular formula is C27H35F3N4O2. The van der Waals surface area contributed by atoms with Gasteiger partial charge in [0.15, 0.2) is 0 Å². The Morgan fingerprint density at radius 1 is 1.08 bits per heavy atom. The van der Waals surface area contributed by atoms with Crippen molar-refractivity contribution < 1.29 is 22.7 Å². The number of ether oxygens (including phenoxy) is 1. The van der Waals surface area contributed by atoms with Crippen molar-refractivity contribution in [2.24, 2.45) is 5.92 Å². The summed E-state index contributed by atoms with van der Waals surface area (Å²) in [6, 6.07) is 12.9. The molecule has 0 unspecified atom stereocenters. The van der Waals surface area contributed by atoms with Gasteiger partial charge in [0, 0.05) is 52.3 Å². The number of piperidine rings is 2. The van der Waals surface area contributed by atoms with Crippen molar-refractivity contribution >= 4 is 11.7 Å². The maximum atomic E-state index is 13.0. The van der Waals surface area contributed by atoms with Crippen LogP contribution in [0.25, 0.3) is 0 Å². The van der Waals surface area contributed by atoms with Crippen molar-refractivity contribution in [1.82, 2.24) is 15.2 Å². The summed E-state index contributed by atoms with van der Waals surface area (Å²) in [5.41, 5.74) is -0.342. The zero-order valence-corrected chi connectivity index (χ0v) is 20.8. The zero-order chi connectivity index (χ0) is 25.6. The number of hydrogen-bond acceptors (Lipinski definition) is 5. The molecule has 2 fully saturated rings.